The maximum atomic E-state index is 14.4. The fourth-order valence-electron chi connectivity index (χ4n) is 6.07. The number of piperazine rings is 2. The highest BCUT2D eigenvalue weighted by Crippen LogP contribution is 2.26. The maximum Gasteiger partial charge on any atom is 0.266 e. The summed E-state index contributed by atoms with van der Waals surface area (Å²) in [6.07, 6.45) is -0.0378. The number of halogens is 1. The highest BCUT2D eigenvalue weighted by Gasteiger charge is 2.23. The third-order valence-corrected chi connectivity index (χ3v) is 8.74. The molecule has 0 saturated carbocycles. The molecule has 0 amide bonds. The van der Waals surface area contributed by atoms with Crippen molar-refractivity contribution < 1.29 is 9.47 Å². The molecule has 0 radical (unpaired) electrons. The number of ether oxygens (including phenoxy) is 2. The predicted octanol–water partition coefficient (Wildman–Crippen LogP) is 4.94. The van der Waals surface area contributed by atoms with Crippen LogP contribution in [0.25, 0.3) is 16.6 Å². The Kier molecular flexibility index (Phi) is 10.2. The summed E-state index contributed by atoms with van der Waals surface area (Å²) >= 11 is 6.00. The molecule has 1 aromatic heterocycles. The Labute approximate surface area is 276 Å². The van der Waals surface area contributed by atoms with Crippen LogP contribution in [0.2, 0.25) is 5.02 Å². The third-order valence-electron chi connectivity index (χ3n) is 8.49. The van der Waals surface area contributed by atoms with E-state index in [1.54, 1.807) is 4.57 Å². The van der Waals surface area contributed by atoms with Crippen molar-refractivity contribution in [3.63, 3.8) is 0 Å². The van der Waals surface area contributed by atoms with E-state index in [9.17, 15) is 4.79 Å². The molecule has 2 aliphatic rings. The predicted molar refractivity (Wildman–Crippen MR) is 184 cm³/mol. The van der Waals surface area contributed by atoms with E-state index in [2.05, 4.69) is 32.7 Å². The van der Waals surface area contributed by atoms with E-state index in [1.807, 2.05) is 74.5 Å². The highest BCUT2D eigenvalue weighted by atomic mass is 35.5. The van der Waals surface area contributed by atoms with Crippen LogP contribution in [0.4, 0.5) is 0 Å². The van der Waals surface area contributed by atoms with Crippen LogP contribution < -0.4 is 20.3 Å². The SMILES string of the molecule is C=C(COc1ccc(Cl)cc1)N1CCN(Cc2nc3ccc(CN4CCNCC4)cc3c(=O)n2-c2ccccc2OC(C)C)CC1. The van der Waals surface area contributed by atoms with Crippen LogP contribution in [0.1, 0.15) is 25.2 Å². The normalized spacial score (nSPS) is 16.2. The molecule has 6 rings (SSSR count). The summed E-state index contributed by atoms with van der Waals surface area (Å²) in [5.41, 5.74) is 3.41. The second-order valence-electron chi connectivity index (χ2n) is 12.3. The van der Waals surface area contributed by atoms with E-state index in [4.69, 9.17) is 26.1 Å². The van der Waals surface area contributed by atoms with Gasteiger partial charge in [-0.15, -0.1) is 0 Å². The van der Waals surface area contributed by atoms with Crippen LogP contribution in [-0.4, -0.2) is 89.3 Å². The first-order chi connectivity index (χ1) is 22.3. The van der Waals surface area contributed by atoms with Gasteiger partial charge in [0.05, 0.1) is 29.2 Å². The van der Waals surface area contributed by atoms with Crippen molar-refractivity contribution in [2.75, 3.05) is 59.0 Å². The van der Waals surface area contributed by atoms with Gasteiger partial charge in [0.1, 0.15) is 23.9 Å². The van der Waals surface area contributed by atoms with Crippen LogP contribution in [0.3, 0.4) is 0 Å². The average Bonchev–Trinajstić information content (AvgIpc) is 3.06. The van der Waals surface area contributed by atoms with Crippen LogP contribution in [0.15, 0.2) is 83.8 Å². The molecule has 3 aromatic carbocycles. The first-order valence-electron chi connectivity index (χ1n) is 16.1. The molecule has 2 fully saturated rings. The molecular weight excluding hydrogens is 600 g/mol. The van der Waals surface area contributed by atoms with Crippen molar-refractivity contribution >= 4 is 22.5 Å². The summed E-state index contributed by atoms with van der Waals surface area (Å²) in [4.78, 5) is 26.6. The average molecular weight is 643 g/mol. The lowest BCUT2D eigenvalue weighted by Crippen LogP contribution is -2.46. The van der Waals surface area contributed by atoms with E-state index >= 15 is 0 Å². The molecule has 4 aromatic rings. The Bertz CT molecular complexity index is 1710. The van der Waals surface area contributed by atoms with Gasteiger partial charge in [0.2, 0.25) is 0 Å². The Balaban J connectivity index is 1.23. The molecule has 0 unspecified atom stereocenters. The van der Waals surface area contributed by atoms with Crippen LogP contribution in [0, 0.1) is 0 Å². The summed E-state index contributed by atoms with van der Waals surface area (Å²) in [5, 5.41) is 4.71. The summed E-state index contributed by atoms with van der Waals surface area (Å²) in [5.74, 6) is 2.13. The number of nitrogens with one attached hydrogen (secondary N) is 1. The maximum absolute atomic E-state index is 14.4. The molecule has 0 bridgehead atoms. The lowest BCUT2D eigenvalue weighted by Gasteiger charge is -2.37. The van der Waals surface area contributed by atoms with Crippen molar-refractivity contribution in [3.8, 4) is 17.2 Å². The lowest BCUT2D eigenvalue weighted by atomic mass is 10.1. The quantitative estimate of drug-likeness (QED) is 0.247. The molecule has 46 heavy (non-hydrogen) atoms. The molecule has 0 aliphatic carbocycles. The van der Waals surface area contributed by atoms with Gasteiger partial charge in [-0.25, -0.2) is 4.98 Å². The first-order valence-corrected chi connectivity index (χ1v) is 16.5. The fraction of sp³-hybridized carbons (Fsp3) is 0.389. The van der Waals surface area contributed by atoms with E-state index in [0.717, 1.165) is 75.9 Å². The number of aromatic nitrogens is 2. The summed E-state index contributed by atoms with van der Waals surface area (Å²) in [6.45, 7) is 17.2. The van der Waals surface area contributed by atoms with Gasteiger partial charge in [-0.2, -0.15) is 0 Å². The van der Waals surface area contributed by atoms with E-state index in [-0.39, 0.29) is 11.7 Å². The zero-order valence-corrected chi connectivity index (χ0v) is 27.5. The minimum absolute atomic E-state index is 0.0378. The van der Waals surface area contributed by atoms with Crippen molar-refractivity contribution in [2.45, 2.75) is 33.0 Å². The van der Waals surface area contributed by atoms with E-state index in [0.29, 0.717) is 46.3 Å². The summed E-state index contributed by atoms with van der Waals surface area (Å²) < 4.78 is 13.9. The van der Waals surface area contributed by atoms with Gasteiger partial charge < -0.3 is 19.7 Å². The number of fused-ring (bicyclic) bond motifs is 1. The van der Waals surface area contributed by atoms with Crippen LogP contribution in [-0.2, 0) is 13.1 Å². The Morgan fingerprint density at radius 3 is 2.39 bits per heavy atom. The topological polar surface area (TPSA) is 75.1 Å². The largest absolute Gasteiger partial charge is 0.489 e. The number of hydrogen-bond acceptors (Lipinski definition) is 8. The molecular formula is C36H43ClN6O3. The molecule has 242 valence electrons. The molecule has 2 saturated heterocycles. The van der Waals surface area contributed by atoms with Gasteiger partial charge in [0, 0.05) is 69.6 Å². The minimum Gasteiger partial charge on any atom is -0.489 e. The summed E-state index contributed by atoms with van der Waals surface area (Å²) in [6, 6.07) is 21.2. The van der Waals surface area contributed by atoms with E-state index < -0.39 is 0 Å². The first kappa shape index (κ1) is 32.1. The van der Waals surface area contributed by atoms with Gasteiger partial charge in [-0.05, 0) is 67.9 Å². The number of para-hydroxylation sites is 2. The highest BCUT2D eigenvalue weighted by molar-refractivity contribution is 6.30. The van der Waals surface area contributed by atoms with Crippen molar-refractivity contribution in [1.82, 2.24) is 29.6 Å². The second kappa shape index (κ2) is 14.7. The van der Waals surface area contributed by atoms with Gasteiger partial charge in [0.15, 0.2) is 0 Å². The molecule has 0 atom stereocenters. The Morgan fingerprint density at radius 1 is 0.935 bits per heavy atom. The number of rotatable bonds is 11. The van der Waals surface area contributed by atoms with Gasteiger partial charge >= 0.3 is 0 Å². The standard InChI is InChI=1S/C36H43ClN6O3/c1-26(2)46-34-7-5-4-6-33(34)43-35(39-32-13-8-28(22-31(32)36(43)44)23-40-16-14-38-15-17-40)24-41-18-20-42(21-19-41)27(3)25-45-30-11-9-29(37)10-12-30/h4-13,22,26,38H,3,14-21,23-25H2,1-2H3. The third kappa shape index (κ3) is 7.73. The second-order valence-corrected chi connectivity index (χ2v) is 12.7. The number of nitrogens with zero attached hydrogens (tertiary/aromatic N) is 5. The molecule has 10 heteroatoms. The minimum atomic E-state index is -0.0756. The molecule has 3 heterocycles. The smallest absolute Gasteiger partial charge is 0.266 e. The number of benzene rings is 3. The molecule has 1 N–H and O–H groups in total. The van der Waals surface area contributed by atoms with Gasteiger partial charge in [-0.1, -0.05) is 36.4 Å². The van der Waals surface area contributed by atoms with Gasteiger partial charge in [0.25, 0.3) is 5.56 Å². The Hall–Kier alpha value is -3.89. The molecule has 2 aliphatic heterocycles. The Morgan fingerprint density at radius 2 is 1.65 bits per heavy atom. The lowest BCUT2D eigenvalue weighted by molar-refractivity contribution is 0.138. The van der Waals surface area contributed by atoms with Crippen molar-refractivity contribution in [2.24, 2.45) is 0 Å². The van der Waals surface area contributed by atoms with Crippen molar-refractivity contribution in [3.05, 3.63) is 106 Å². The van der Waals surface area contributed by atoms with Gasteiger partial charge in [-0.3, -0.25) is 19.2 Å². The zero-order chi connectivity index (χ0) is 32.0. The van der Waals surface area contributed by atoms with Crippen molar-refractivity contribution in [1.29, 1.82) is 0 Å². The van der Waals surface area contributed by atoms with Crippen LogP contribution in [0.5, 0.6) is 11.5 Å². The van der Waals surface area contributed by atoms with E-state index in [1.165, 1.54) is 0 Å². The number of hydrogen-bond donors (Lipinski definition) is 1. The molecule has 0 spiro atoms. The zero-order valence-electron chi connectivity index (χ0n) is 26.8. The molecule has 9 nitrogen and oxygen atoms in total. The monoisotopic (exact) mass is 642 g/mol. The van der Waals surface area contributed by atoms with Crippen LogP contribution >= 0.6 is 11.6 Å². The fourth-order valence-corrected chi connectivity index (χ4v) is 6.19. The summed E-state index contributed by atoms with van der Waals surface area (Å²) in [7, 11) is 0.